The van der Waals surface area contributed by atoms with Gasteiger partial charge in [-0.25, -0.2) is 0 Å². The fraction of sp³-hybridized carbons (Fsp3) is 0.353. The van der Waals surface area contributed by atoms with E-state index in [-0.39, 0.29) is 5.78 Å². The van der Waals surface area contributed by atoms with Gasteiger partial charge in [-0.2, -0.15) is 0 Å². The maximum Gasteiger partial charge on any atom is 0.195 e. The van der Waals surface area contributed by atoms with E-state index in [4.69, 9.17) is 0 Å². The van der Waals surface area contributed by atoms with Gasteiger partial charge in [0.05, 0.1) is 7.57 Å². The van der Waals surface area contributed by atoms with E-state index in [2.05, 4.69) is 64.8 Å². The number of thiophene rings is 1. The van der Waals surface area contributed by atoms with Gasteiger partial charge in [-0.05, 0) is 73.9 Å². The summed E-state index contributed by atoms with van der Waals surface area (Å²) in [7, 11) is 0. The molecule has 1 nitrogen and oxygen atoms in total. The number of aryl methyl sites for hydroxylation is 3. The summed E-state index contributed by atoms with van der Waals surface area (Å²) < 4.78 is 1.86. The van der Waals surface area contributed by atoms with Crippen LogP contribution in [0.25, 0.3) is 0 Å². The second kappa shape index (κ2) is 7.21. The number of ketones is 1. The highest BCUT2D eigenvalue weighted by Crippen LogP contribution is 2.34. The molecule has 0 amide bonds. The second-order valence-corrected chi connectivity index (χ2v) is 8.67. The third-order valence-corrected chi connectivity index (χ3v) is 6.00. The van der Waals surface area contributed by atoms with E-state index >= 15 is 0 Å². The summed E-state index contributed by atoms with van der Waals surface area (Å²) in [6, 6.07) is 6.27. The molecule has 112 valence electrons. The van der Waals surface area contributed by atoms with E-state index < -0.39 is 0 Å². The van der Waals surface area contributed by atoms with Gasteiger partial charge in [-0.15, -0.1) is 11.3 Å². The van der Waals surface area contributed by atoms with Crippen molar-refractivity contribution in [2.45, 2.75) is 40.0 Å². The number of rotatable bonds is 5. The molecule has 4 heteroatoms. The van der Waals surface area contributed by atoms with Crippen LogP contribution >= 0.6 is 43.2 Å². The van der Waals surface area contributed by atoms with Crippen molar-refractivity contribution < 1.29 is 4.79 Å². The van der Waals surface area contributed by atoms with Crippen LogP contribution in [0.2, 0.25) is 0 Å². The van der Waals surface area contributed by atoms with Gasteiger partial charge < -0.3 is 0 Å². The van der Waals surface area contributed by atoms with E-state index in [0.717, 1.165) is 49.1 Å². The average Bonchev–Trinajstić information content (AvgIpc) is 2.83. The van der Waals surface area contributed by atoms with Gasteiger partial charge in [0.15, 0.2) is 5.78 Å². The Balaban J connectivity index is 2.61. The minimum absolute atomic E-state index is 0.125. The fourth-order valence-corrected chi connectivity index (χ4v) is 5.32. The molecule has 0 saturated carbocycles. The van der Waals surface area contributed by atoms with Crippen molar-refractivity contribution in [3.63, 3.8) is 0 Å². The number of carbonyl (C=O) groups excluding carboxylic acids is 1. The summed E-state index contributed by atoms with van der Waals surface area (Å²) in [5.74, 6) is 0.125. The minimum atomic E-state index is 0.125. The summed E-state index contributed by atoms with van der Waals surface area (Å²) in [5, 5.41) is 0. The number of hydrogen-bond donors (Lipinski definition) is 0. The molecule has 0 unspecified atom stereocenters. The first kappa shape index (κ1) is 16.9. The van der Waals surface area contributed by atoms with Gasteiger partial charge in [0.25, 0.3) is 0 Å². The van der Waals surface area contributed by atoms with Crippen molar-refractivity contribution in [3.8, 4) is 0 Å². The standard InChI is InChI=1S/C17H18Br2OS/c1-4-10-7-11(5-2)15(12(6-3)8-10)16(20)13-9-14(18)21-17(13)19/h7-9H,4-6H2,1-3H3. The molecule has 0 aliphatic heterocycles. The Morgan fingerprint density at radius 2 is 1.57 bits per heavy atom. The molecule has 21 heavy (non-hydrogen) atoms. The summed E-state index contributed by atoms with van der Waals surface area (Å²) >= 11 is 8.50. The molecule has 0 spiro atoms. The van der Waals surface area contributed by atoms with Gasteiger partial charge in [0.2, 0.25) is 0 Å². The van der Waals surface area contributed by atoms with Crippen LogP contribution in [0.4, 0.5) is 0 Å². The normalized spacial score (nSPS) is 10.9. The lowest BCUT2D eigenvalue weighted by Gasteiger charge is -2.14. The summed E-state index contributed by atoms with van der Waals surface area (Å²) in [5.41, 5.74) is 5.27. The van der Waals surface area contributed by atoms with Crippen molar-refractivity contribution in [1.29, 1.82) is 0 Å². The zero-order chi connectivity index (χ0) is 15.6. The third kappa shape index (κ3) is 3.49. The predicted octanol–water partition coefficient (Wildman–Crippen LogP) is 6.19. The van der Waals surface area contributed by atoms with Crippen LogP contribution in [0.3, 0.4) is 0 Å². The van der Waals surface area contributed by atoms with Crippen LogP contribution in [-0.4, -0.2) is 5.78 Å². The SMILES string of the molecule is CCc1cc(CC)c(C(=O)c2cc(Br)sc2Br)c(CC)c1. The van der Waals surface area contributed by atoms with Crippen molar-refractivity contribution in [3.05, 3.63) is 53.6 Å². The maximum atomic E-state index is 13.0. The van der Waals surface area contributed by atoms with E-state index in [1.165, 1.54) is 16.9 Å². The van der Waals surface area contributed by atoms with Crippen LogP contribution in [0.5, 0.6) is 0 Å². The molecule has 0 aliphatic carbocycles. The smallest absolute Gasteiger partial charge is 0.195 e. The summed E-state index contributed by atoms with van der Waals surface area (Å²) in [6.07, 6.45) is 2.76. The lowest BCUT2D eigenvalue weighted by molar-refractivity contribution is 0.103. The van der Waals surface area contributed by atoms with Crippen LogP contribution in [-0.2, 0) is 19.3 Å². The van der Waals surface area contributed by atoms with E-state index in [0.29, 0.717) is 0 Å². The molecule has 1 aromatic heterocycles. The van der Waals surface area contributed by atoms with Crippen molar-refractivity contribution in [1.82, 2.24) is 0 Å². The third-order valence-electron chi connectivity index (χ3n) is 3.66. The number of halogens is 2. The number of benzene rings is 1. The Kier molecular flexibility index (Phi) is 5.81. The quantitative estimate of drug-likeness (QED) is 0.517. The number of carbonyl (C=O) groups is 1. The molecule has 0 fully saturated rings. The molecule has 0 N–H and O–H groups in total. The predicted molar refractivity (Wildman–Crippen MR) is 97.7 cm³/mol. The first-order chi connectivity index (χ1) is 10.0. The van der Waals surface area contributed by atoms with Crippen molar-refractivity contribution in [2.75, 3.05) is 0 Å². The van der Waals surface area contributed by atoms with Crippen LogP contribution in [0.15, 0.2) is 25.8 Å². The van der Waals surface area contributed by atoms with Crippen LogP contribution in [0.1, 0.15) is 53.4 Å². The highest BCUT2D eigenvalue weighted by atomic mass is 79.9. The van der Waals surface area contributed by atoms with Gasteiger partial charge in [-0.1, -0.05) is 32.9 Å². The van der Waals surface area contributed by atoms with Crippen LogP contribution < -0.4 is 0 Å². The molecule has 1 heterocycles. The Bertz CT molecular complexity index is 648. The van der Waals surface area contributed by atoms with Crippen molar-refractivity contribution in [2.24, 2.45) is 0 Å². The summed E-state index contributed by atoms with van der Waals surface area (Å²) in [6.45, 7) is 6.38. The average molecular weight is 430 g/mol. The molecule has 0 radical (unpaired) electrons. The number of hydrogen-bond acceptors (Lipinski definition) is 2. The first-order valence-electron chi connectivity index (χ1n) is 7.15. The molecular formula is C17H18Br2OS. The minimum Gasteiger partial charge on any atom is -0.289 e. The molecule has 1 aromatic carbocycles. The van der Waals surface area contributed by atoms with Gasteiger partial charge in [0.1, 0.15) is 0 Å². The second-order valence-electron chi connectivity index (χ2n) is 4.92. The van der Waals surface area contributed by atoms with Gasteiger partial charge >= 0.3 is 0 Å². The highest BCUT2D eigenvalue weighted by Gasteiger charge is 2.21. The van der Waals surface area contributed by atoms with Gasteiger partial charge in [-0.3, -0.25) is 4.79 Å². The monoisotopic (exact) mass is 428 g/mol. The van der Waals surface area contributed by atoms with E-state index in [1.54, 1.807) is 0 Å². The molecule has 2 aromatic rings. The Labute approximate surface area is 147 Å². The Morgan fingerprint density at radius 3 is 1.95 bits per heavy atom. The topological polar surface area (TPSA) is 17.1 Å². The highest BCUT2D eigenvalue weighted by molar-refractivity contribution is 9.12. The van der Waals surface area contributed by atoms with E-state index in [9.17, 15) is 4.79 Å². The van der Waals surface area contributed by atoms with E-state index in [1.807, 2.05) is 6.07 Å². The lowest BCUT2D eigenvalue weighted by atomic mass is 9.89. The molecule has 2 rings (SSSR count). The maximum absolute atomic E-state index is 13.0. The Hall–Kier alpha value is -0.450. The van der Waals surface area contributed by atoms with Crippen molar-refractivity contribution >= 4 is 49.0 Å². The zero-order valence-electron chi connectivity index (χ0n) is 12.4. The van der Waals surface area contributed by atoms with Crippen LogP contribution in [0, 0.1) is 0 Å². The largest absolute Gasteiger partial charge is 0.289 e. The first-order valence-corrected chi connectivity index (χ1v) is 9.56. The van der Waals surface area contributed by atoms with Gasteiger partial charge in [0, 0.05) is 11.1 Å². The fourth-order valence-electron chi connectivity index (χ4n) is 2.52. The zero-order valence-corrected chi connectivity index (χ0v) is 16.4. The molecule has 0 atom stereocenters. The summed E-state index contributed by atoms with van der Waals surface area (Å²) in [4.78, 5) is 13.0. The molecular weight excluding hydrogens is 412 g/mol. The Morgan fingerprint density at radius 1 is 1.00 bits per heavy atom. The molecule has 0 bridgehead atoms. The lowest BCUT2D eigenvalue weighted by Crippen LogP contribution is -2.10. The molecule has 0 aliphatic rings. The molecule has 0 saturated heterocycles.